The summed E-state index contributed by atoms with van der Waals surface area (Å²) < 4.78 is 1.19. The molecule has 6 nitrogen and oxygen atoms in total. The Balaban J connectivity index is 2.86. The fourth-order valence-electron chi connectivity index (χ4n) is 1.17. The van der Waals surface area contributed by atoms with Gasteiger partial charge < -0.3 is 10.2 Å². The second-order valence-electron chi connectivity index (χ2n) is 3.79. The van der Waals surface area contributed by atoms with Crippen LogP contribution in [0, 0.1) is 0 Å². The van der Waals surface area contributed by atoms with Crippen LogP contribution in [0.5, 0.6) is 0 Å². The van der Waals surface area contributed by atoms with E-state index in [1.165, 1.54) is 15.8 Å². The Morgan fingerprint density at radius 2 is 2.33 bits per heavy atom. The van der Waals surface area contributed by atoms with E-state index in [0.29, 0.717) is 5.69 Å². The Morgan fingerprint density at radius 3 is 2.89 bits per heavy atom. The highest BCUT2D eigenvalue weighted by atomic mass is 35.5. The van der Waals surface area contributed by atoms with E-state index in [-0.39, 0.29) is 24.0 Å². The van der Waals surface area contributed by atoms with Gasteiger partial charge in [-0.1, -0.05) is 17.7 Å². The van der Waals surface area contributed by atoms with Crippen molar-refractivity contribution >= 4 is 23.2 Å². The second kappa shape index (κ2) is 6.20. The minimum atomic E-state index is -0.418. The average Bonchev–Trinajstić information content (AvgIpc) is 2.33. The number of amides is 1. The Labute approximate surface area is 110 Å². The molecule has 18 heavy (non-hydrogen) atoms. The molecule has 0 radical (unpaired) electrons. The van der Waals surface area contributed by atoms with Gasteiger partial charge in [0.15, 0.2) is 0 Å². The minimum Gasteiger partial charge on any atom is -0.373 e. The number of halogens is 1. The average molecular weight is 271 g/mol. The van der Waals surface area contributed by atoms with E-state index in [4.69, 9.17) is 11.6 Å². The van der Waals surface area contributed by atoms with Crippen LogP contribution in [0.4, 0.5) is 5.69 Å². The van der Waals surface area contributed by atoms with Gasteiger partial charge in [0.1, 0.15) is 5.02 Å². The van der Waals surface area contributed by atoms with Gasteiger partial charge in [-0.3, -0.25) is 9.59 Å². The fraction of sp³-hybridized carbons (Fsp3) is 0.364. The molecule has 1 rings (SSSR count). The van der Waals surface area contributed by atoms with E-state index in [0.717, 1.165) is 0 Å². The van der Waals surface area contributed by atoms with E-state index in [9.17, 15) is 9.59 Å². The minimum absolute atomic E-state index is 0.0124. The number of nitrogens with zero attached hydrogens (tertiary/aromatic N) is 3. The summed E-state index contributed by atoms with van der Waals surface area (Å²) in [6, 6.07) is 0. The first-order valence-corrected chi connectivity index (χ1v) is 5.65. The first-order valence-electron chi connectivity index (χ1n) is 5.28. The lowest BCUT2D eigenvalue weighted by Gasteiger charge is -2.12. The van der Waals surface area contributed by atoms with E-state index in [2.05, 4.69) is 17.0 Å². The predicted molar refractivity (Wildman–Crippen MR) is 70.9 cm³/mol. The highest BCUT2D eigenvalue weighted by Crippen LogP contribution is 2.14. The molecule has 1 aromatic rings. The van der Waals surface area contributed by atoms with Crippen molar-refractivity contribution < 1.29 is 4.79 Å². The maximum absolute atomic E-state index is 11.7. The van der Waals surface area contributed by atoms with Crippen LogP contribution in [0.25, 0.3) is 0 Å². The van der Waals surface area contributed by atoms with Crippen LogP contribution in [0.1, 0.15) is 0 Å². The number of carbonyl (C=O) groups is 1. The second-order valence-corrected chi connectivity index (χ2v) is 4.17. The maximum Gasteiger partial charge on any atom is 0.287 e. The third-order valence-electron chi connectivity index (χ3n) is 2.22. The summed E-state index contributed by atoms with van der Waals surface area (Å²) in [4.78, 5) is 24.6. The van der Waals surface area contributed by atoms with E-state index < -0.39 is 5.56 Å². The van der Waals surface area contributed by atoms with Crippen LogP contribution in [-0.2, 0) is 11.3 Å². The van der Waals surface area contributed by atoms with Crippen molar-refractivity contribution in [3.05, 3.63) is 34.2 Å². The third kappa shape index (κ3) is 3.33. The molecule has 0 fully saturated rings. The summed E-state index contributed by atoms with van der Waals surface area (Å²) in [5.41, 5.74) is -0.0731. The number of aromatic nitrogens is 2. The quantitative estimate of drug-likeness (QED) is 0.795. The van der Waals surface area contributed by atoms with Gasteiger partial charge in [-0.25, -0.2) is 4.68 Å². The molecule has 98 valence electrons. The van der Waals surface area contributed by atoms with E-state index in [1.807, 2.05) is 0 Å². The first kappa shape index (κ1) is 14.2. The van der Waals surface area contributed by atoms with Gasteiger partial charge in [-0.2, -0.15) is 5.10 Å². The molecule has 7 heteroatoms. The molecule has 0 saturated heterocycles. The van der Waals surface area contributed by atoms with Gasteiger partial charge in [0.25, 0.3) is 5.56 Å². The molecule has 0 aliphatic carbocycles. The van der Waals surface area contributed by atoms with Crippen molar-refractivity contribution in [3.8, 4) is 0 Å². The molecule has 0 spiro atoms. The number of rotatable bonds is 5. The lowest BCUT2D eigenvalue weighted by molar-refractivity contribution is -0.126. The van der Waals surface area contributed by atoms with Crippen molar-refractivity contribution in [2.75, 3.05) is 26.0 Å². The van der Waals surface area contributed by atoms with Crippen molar-refractivity contribution in [1.29, 1.82) is 0 Å². The van der Waals surface area contributed by atoms with Crippen molar-refractivity contribution in [3.63, 3.8) is 0 Å². The molecule has 0 bridgehead atoms. The largest absolute Gasteiger partial charge is 0.373 e. The van der Waals surface area contributed by atoms with E-state index in [1.54, 1.807) is 20.2 Å². The third-order valence-corrected chi connectivity index (χ3v) is 2.58. The number of hydrogen-bond donors (Lipinski definition) is 1. The Hall–Kier alpha value is -1.82. The fourth-order valence-corrected chi connectivity index (χ4v) is 1.38. The topological polar surface area (TPSA) is 67.2 Å². The molecular formula is C11H15ClN4O2. The van der Waals surface area contributed by atoms with Crippen molar-refractivity contribution in [2.45, 2.75) is 6.54 Å². The Morgan fingerprint density at radius 1 is 1.67 bits per heavy atom. The number of nitrogens with one attached hydrogen (secondary N) is 1. The van der Waals surface area contributed by atoms with E-state index >= 15 is 0 Å². The predicted octanol–water partition coefficient (Wildman–Crippen LogP) is 0.583. The summed E-state index contributed by atoms with van der Waals surface area (Å²) in [7, 11) is 3.29. The van der Waals surface area contributed by atoms with Crippen molar-refractivity contribution in [1.82, 2.24) is 14.7 Å². The van der Waals surface area contributed by atoms with Crippen LogP contribution in [-0.4, -0.2) is 41.2 Å². The summed E-state index contributed by atoms with van der Waals surface area (Å²) in [6.07, 6.45) is 2.96. The van der Waals surface area contributed by atoms with Crippen LogP contribution >= 0.6 is 11.6 Å². The molecule has 0 aliphatic heterocycles. The summed E-state index contributed by atoms with van der Waals surface area (Å²) in [6.45, 7) is 3.86. The number of likely N-dealkylation sites (N-methyl/N-ethyl adjacent to an activating group) is 1. The van der Waals surface area contributed by atoms with Gasteiger partial charge in [-0.05, 0) is 0 Å². The maximum atomic E-state index is 11.7. The molecule has 0 aromatic carbocycles. The highest BCUT2D eigenvalue weighted by Gasteiger charge is 2.10. The Bertz CT molecular complexity index is 510. The summed E-state index contributed by atoms with van der Waals surface area (Å²) in [5, 5.41) is 6.70. The monoisotopic (exact) mass is 270 g/mol. The Kier molecular flexibility index (Phi) is 4.91. The van der Waals surface area contributed by atoms with Crippen LogP contribution < -0.4 is 10.9 Å². The van der Waals surface area contributed by atoms with Gasteiger partial charge in [0, 0.05) is 14.1 Å². The molecular weight excluding hydrogens is 256 g/mol. The van der Waals surface area contributed by atoms with Crippen LogP contribution in [0.15, 0.2) is 23.6 Å². The lowest BCUT2D eigenvalue weighted by atomic mass is 10.4. The normalized spacial score (nSPS) is 9.94. The molecule has 0 saturated carbocycles. The number of allylic oxidation sites excluding steroid dienone is 1. The molecule has 0 aliphatic rings. The van der Waals surface area contributed by atoms with Crippen LogP contribution in [0.2, 0.25) is 5.02 Å². The number of anilines is 1. The standard InChI is InChI=1S/C11H15ClN4O2/c1-4-5-16-11(18)10(12)8(6-14-16)13-7-9(17)15(2)3/h4,6,13H,1,5,7H2,2-3H3. The lowest BCUT2D eigenvalue weighted by Crippen LogP contribution is -2.30. The smallest absolute Gasteiger partial charge is 0.287 e. The number of carbonyl (C=O) groups excluding carboxylic acids is 1. The molecule has 1 aromatic heterocycles. The molecule has 1 heterocycles. The number of hydrogen-bond acceptors (Lipinski definition) is 4. The molecule has 1 N–H and O–H groups in total. The first-order chi connectivity index (χ1) is 8.47. The van der Waals surface area contributed by atoms with Crippen LogP contribution in [0.3, 0.4) is 0 Å². The highest BCUT2D eigenvalue weighted by molar-refractivity contribution is 6.33. The molecule has 1 amide bonds. The van der Waals surface area contributed by atoms with Gasteiger partial charge in [0.2, 0.25) is 5.91 Å². The van der Waals surface area contributed by atoms with Gasteiger partial charge >= 0.3 is 0 Å². The van der Waals surface area contributed by atoms with Gasteiger partial charge in [-0.15, -0.1) is 6.58 Å². The molecule has 0 atom stereocenters. The zero-order valence-corrected chi connectivity index (χ0v) is 11.1. The van der Waals surface area contributed by atoms with Crippen molar-refractivity contribution in [2.24, 2.45) is 0 Å². The molecule has 0 unspecified atom stereocenters. The summed E-state index contributed by atoms with van der Waals surface area (Å²) >= 11 is 5.90. The zero-order valence-electron chi connectivity index (χ0n) is 10.3. The SMILES string of the molecule is C=CCn1ncc(NCC(=O)N(C)C)c(Cl)c1=O. The summed E-state index contributed by atoms with van der Waals surface area (Å²) in [5.74, 6) is -0.124. The zero-order chi connectivity index (χ0) is 13.7. The van der Waals surface area contributed by atoms with Gasteiger partial charge in [0.05, 0.1) is 25.0 Å².